The molecule has 1 amide bonds. The maximum Gasteiger partial charge on any atom is 0.225 e. The van der Waals surface area contributed by atoms with Crippen molar-refractivity contribution in [1.82, 2.24) is 9.88 Å². The molecule has 1 aromatic heterocycles. The first-order chi connectivity index (χ1) is 10.7. The Kier molecular flexibility index (Phi) is 4.68. The highest BCUT2D eigenvalue weighted by Crippen LogP contribution is 2.21. The van der Waals surface area contributed by atoms with Crippen molar-refractivity contribution in [2.75, 3.05) is 25.0 Å². The van der Waals surface area contributed by atoms with E-state index in [0.717, 1.165) is 42.1 Å². The maximum atomic E-state index is 12.2. The number of pyridine rings is 1. The molecule has 0 unspecified atom stereocenters. The van der Waals surface area contributed by atoms with E-state index in [9.17, 15) is 4.79 Å². The first-order valence-corrected chi connectivity index (χ1v) is 8.08. The second kappa shape index (κ2) is 6.88. The fourth-order valence-corrected chi connectivity index (χ4v) is 2.96. The minimum absolute atomic E-state index is 0.0665. The van der Waals surface area contributed by atoms with Crippen molar-refractivity contribution in [3.63, 3.8) is 0 Å². The third-order valence-corrected chi connectivity index (χ3v) is 4.44. The number of nitrogens with one attached hydrogen (secondary N) is 1. The van der Waals surface area contributed by atoms with Crippen LogP contribution in [0.4, 0.5) is 5.69 Å². The molecular formula is C18H23N3O. The van der Waals surface area contributed by atoms with Gasteiger partial charge in [-0.3, -0.25) is 9.78 Å². The van der Waals surface area contributed by atoms with Gasteiger partial charge in [0.15, 0.2) is 0 Å². The molecule has 1 N–H and O–H groups in total. The van der Waals surface area contributed by atoms with Crippen molar-refractivity contribution in [2.45, 2.75) is 26.2 Å². The van der Waals surface area contributed by atoms with Crippen LogP contribution in [-0.2, 0) is 4.79 Å². The number of nitrogens with zero attached hydrogens (tertiary/aromatic N) is 2. The van der Waals surface area contributed by atoms with E-state index in [-0.39, 0.29) is 5.91 Å². The van der Waals surface area contributed by atoms with Gasteiger partial charge in [-0.15, -0.1) is 0 Å². The number of hydrogen-bond acceptors (Lipinski definition) is 3. The SMILES string of the molecule is CC1CCN(CCC(=O)Nc2cccc3cccnc23)CC1. The van der Waals surface area contributed by atoms with Crippen LogP contribution in [0, 0.1) is 5.92 Å². The van der Waals surface area contributed by atoms with Gasteiger partial charge >= 0.3 is 0 Å². The van der Waals surface area contributed by atoms with Crippen molar-refractivity contribution in [3.05, 3.63) is 36.5 Å². The summed E-state index contributed by atoms with van der Waals surface area (Å²) in [6.07, 6.45) is 4.79. The number of rotatable bonds is 4. The van der Waals surface area contributed by atoms with Gasteiger partial charge in [-0.1, -0.05) is 25.1 Å². The van der Waals surface area contributed by atoms with Crippen LogP contribution in [0.15, 0.2) is 36.5 Å². The lowest BCUT2D eigenvalue weighted by molar-refractivity contribution is -0.116. The zero-order chi connectivity index (χ0) is 15.4. The molecular weight excluding hydrogens is 274 g/mol. The molecule has 0 saturated carbocycles. The van der Waals surface area contributed by atoms with E-state index in [1.807, 2.05) is 30.3 Å². The first kappa shape index (κ1) is 15.0. The fraction of sp³-hybridized carbons (Fsp3) is 0.444. The van der Waals surface area contributed by atoms with Crippen molar-refractivity contribution in [2.24, 2.45) is 5.92 Å². The predicted molar refractivity (Wildman–Crippen MR) is 89.8 cm³/mol. The largest absolute Gasteiger partial charge is 0.324 e. The highest BCUT2D eigenvalue weighted by atomic mass is 16.1. The van der Waals surface area contributed by atoms with Crippen molar-refractivity contribution in [3.8, 4) is 0 Å². The number of hydrogen-bond donors (Lipinski definition) is 1. The van der Waals surface area contributed by atoms with Crippen LogP contribution < -0.4 is 5.32 Å². The van der Waals surface area contributed by atoms with E-state index in [0.29, 0.717) is 6.42 Å². The summed E-state index contributed by atoms with van der Waals surface area (Å²) in [5.41, 5.74) is 1.65. The van der Waals surface area contributed by atoms with E-state index >= 15 is 0 Å². The standard InChI is InChI=1S/C18H23N3O/c1-14-7-11-21(12-8-14)13-9-17(22)20-16-6-2-4-15-5-3-10-19-18(15)16/h2-6,10,14H,7-9,11-13H2,1H3,(H,20,22). The smallest absolute Gasteiger partial charge is 0.225 e. The zero-order valence-electron chi connectivity index (χ0n) is 13.1. The topological polar surface area (TPSA) is 45.2 Å². The van der Waals surface area contributed by atoms with Crippen LogP contribution in [0.5, 0.6) is 0 Å². The second-order valence-corrected chi connectivity index (χ2v) is 6.20. The Morgan fingerprint density at radius 3 is 2.86 bits per heavy atom. The summed E-state index contributed by atoms with van der Waals surface area (Å²) >= 11 is 0. The lowest BCUT2D eigenvalue weighted by atomic mass is 9.99. The molecule has 1 fully saturated rings. The molecule has 4 nitrogen and oxygen atoms in total. The number of likely N-dealkylation sites (tertiary alicyclic amines) is 1. The van der Waals surface area contributed by atoms with Gasteiger partial charge in [0.2, 0.25) is 5.91 Å². The molecule has 22 heavy (non-hydrogen) atoms. The summed E-state index contributed by atoms with van der Waals surface area (Å²) in [5, 5.41) is 4.05. The number of fused-ring (bicyclic) bond motifs is 1. The number of aromatic nitrogens is 1. The molecule has 1 aliphatic heterocycles. The molecule has 0 bridgehead atoms. The van der Waals surface area contributed by atoms with E-state index < -0.39 is 0 Å². The number of piperidine rings is 1. The van der Waals surface area contributed by atoms with Gasteiger partial charge in [0, 0.05) is 24.5 Å². The lowest BCUT2D eigenvalue weighted by Crippen LogP contribution is -2.35. The lowest BCUT2D eigenvalue weighted by Gasteiger charge is -2.29. The molecule has 4 heteroatoms. The van der Waals surface area contributed by atoms with E-state index in [2.05, 4.69) is 22.1 Å². The Balaban J connectivity index is 1.57. The minimum Gasteiger partial charge on any atom is -0.324 e. The Morgan fingerprint density at radius 1 is 1.27 bits per heavy atom. The third-order valence-electron chi connectivity index (χ3n) is 4.44. The Bertz CT molecular complexity index is 642. The van der Waals surface area contributed by atoms with Gasteiger partial charge in [0.1, 0.15) is 0 Å². The molecule has 0 atom stereocenters. The minimum atomic E-state index is 0.0665. The first-order valence-electron chi connectivity index (χ1n) is 8.08. The summed E-state index contributed by atoms with van der Waals surface area (Å²) < 4.78 is 0. The van der Waals surface area contributed by atoms with Crippen molar-refractivity contribution >= 4 is 22.5 Å². The van der Waals surface area contributed by atoms with Gasteiger partial charge < -0.3 is 10.2 Å². The van der Waals surface area contributed by atoms with Gasteiger partial charge in [-0.05, 0) is 44.0 Å². The second-order valence-electron chi connectivity index (χ2n) is 6.20. The molecule has 1 aliphatic rings. The molecule has 1 saturated heterocycles. The molecule has 2 heterocycles. The van der Waals surface area contributed by atoms with E-state index in [1.165, 1.54) is 12.8 Å². The number of para-hydroxylation sites is 1. The van der Waals surface area contributed by atoms with Gasteiger partial charge in [0.05, 0.1) is 11.2 Å². The zero-order valence-corrected chi connectivity index (χ0v) is 13.1. The molecule has 116 valence electrons. The number of amides is 1. The van der Waals surface area contributed by atoms with Crippen molar-refractivity contribution in [1.29, 1.82) is 0 Å². The molecule has 2 aromatic rings. The van der Waals surface area contributed by atoms with E-state index in [1.54, 1.807) is 6.20 Å². The van der Waals surface area contributed by atoms with Gasteiger partial charge in [0.25, 0.3) is 0 Å². The predicted octanol–water partition coefficient (Wildman–Crippen LogP) is 3.30. The third kappa shape index (κ3) is 3.63. The monoisotopic (exact) mass is 297 g/mol. The highest BCUT2D eigenvalue weighted by molar-refractivity contribution is 6.00. The Labute approximate surface area is 131 Å². The highest BCUT2D eigenvalue weighted by Gasteiger charge is 2.16. The summed E-state index contributed by atoms with van der Waals surface area (Å²) in [6, 6.07) is 9.78. The van der Waals surface area contributed by atoms with E-state index in [4.69, 9.17) is 0 Å². The van der Waals surface area contributed by atoms with Gasteiger partial charge in [-0.2, -0.15) is 0 Å². The molecule has 0 aliphatic carbocycles. The average molecular weight is 297 g/mol. The summed E-state index contributed by atoms with van der Waals surface area (Å²) in [4.78, 5) is 19.0. The maximum absolute atomic E-state index is 12.2. The Morgan fingerprint density at radius 2 is 2.05 bits per heavy atom. The van der Waals surface area contributed by atoms with Crippen LogP contribution in [-0.4, -0.2) is 35.4 Å². The van der Waals surface area contributed by atoms with Crippen molar-refractivity contribution < 1.29 is 4.79 Å². The Hall–Kier alpha value is -1.94. The quantitative estimate of drug-likeness (QED) is 0.942. The summed E-state index contributed by atoms with van der Waals surface area (Å²) in [6.45, 7) is 5.38. The molecule has 0 radical (unpaired) electrons. The fourth-order valence-electron chi connectivity index (χ4n) is 2.96. The molecule has 1 aromatic carbocycles. The van der Waals surface area contributed by atoms with Crippen LogP contribution in [0.25, 0.3) is 10.9 Å². The van der Waals surface area contributed by atoms with Gasteiger partial charge in [-0.25, -0.2) is 0 Å². The molecule has 0 spiro atoms. The van der Waals surface area contributed by atoms with Crippen LogP contribution >= 0.6 is 0 Å². The van der Waals surface area contributed by atoms with Crippen LogP contribution in [0.2, 0.25) is 0 Å². The van der Waals surface area contributed by atoms with Crippen LogP contribution in [0.1, 0.15) is 26.2 Å². The average Bonchev–Trinajstić information content (AvgIpc) is 2.55. The summed E-state index contributed by atoms with van der Waals surface area (Å²) in [7, 11) is 0. The molecule has 3 rings (SSSR count). The number of carbonyl (C=O) groups excluding carboxylic acids is 1. The number of anilines is 1. The van der Waals surface area contributed by atoms with Crippen LogP contribution in [0.3, 0.4) is 0 Å². The number of carbonyl (C=O) groups is 1. The normalized spacial score (nSPS) is 16.8. The summed E-state index contributed by atoms with van der Waals surface area (Å²) in [5.74, 6) is 0.892. The number of benzene rings is 1.